The number of nitrogens with zero attached hydrogens (tertiary/aromatic N) is 7. The number of fused-ring (bicyclic) bond motifs is 1. The summed E-state index contributed by atoms with van der Waals surface area (Å²) in [7, 11) is 5.29. The molecule has 10 nitrogen and oxygen atoms in total. The summed E-state index contributed by atoms with van der Waals surface area (Å²) in [6.45, 7) is 8.53. The minimum atomic E-state index is 0.731. The summed E-state index contributed by atoms with van der Waals surface area (Å²) < 4.78 is 13.0. The van der Waals surface area contributed by atoms with E-state index in [0.717, 1.165) is 104 Å². The lowest BCUT2D eigenvalue weighted by atomic mass is 10.0. The van der Waals surface area contributed by atoms with Crippen LogP contribution in [0.25, 0.3) is 22.3 Å². The third-order valence-corrected chi connectivity index (χ3v) is 8.36. The second-order valence-corrected chi connectivity index (χ2v) is 10.9. The zero-order valence-corrected chi connectivity index (χ0v) is 24.3. The van der Waals surface area contributed by atoms with Crippen LogP contribution in [0.15, 0.2) is 55.0 Å². The van der Waals surface area contributed by atoms with Crippen LogP contribution in [0.4, 0.5) is 11.4 Å². The summed E-state index contributed by atoms with van der Waals surface area (Å²) in [5.74, 6) is 1.53. The zero-order chi connectivity index (χ0) is 28.2. The lowest BCUT2D eigenvalue weighted by Crippen LogP contribution is -2.53. The van der Waals surface area contributed by atoms with Gasteiger partial charge < -0.3 is 19.7 Å². The van der Waals surface area contributed by atoms with E-state index in [9.17, 15) is 0 Å². The van der Waals surface area contributed by atoms with Crippen LogP contribution < -0.4 is 19.7 Å². The van der Waals surface area contributed by atoms with Gasteiger partial charge in [0.1, 0.15) is 11.5 Å². The standard InChI is InChI=1S/C31H40N8O2/c1-36-22-23(20-34-36)31-21-33-29-5-4-25(18-30(29)35-31)39(26-16-27(40-2)19-28(17-26)41-3)15-12-37-10-13-38(14-11-37)24-6-8-32-9-7-24/h4-5,16-22,24,32H,6-15H2,1-3H3. The predicted molar refractivity (Wildman–Crippen MR) is 162 cm³/mol. The Morgan fingerprint density at radius 2 is 1.66 bits per heavy atom. The molecule has 0 atom stereocenters. The van der Waals surface area contributed by atoms with Gasteiger partial charge in [-0.15, -0.1) is 0 Å². The Balaban J connectivity index is 1.26. The van der Waals surface area contributed by atoms with E-state index < -0.39 is 0 Å². The van der Waals surface area contributed by atoms with Crippen LogP contribution in [-0.2, 0) is 7.05 Å². The molecule has 2 saturated heterocycles. The third kappa shape index (κ3) is 6.29. The molecule has 0 spiro atoms. The monoisotopic (exact) mass is 556 g/mol. The maximum absolute atomic E-state index is 5.63. The highest BCUT2D eigenvalue weighted by atomic mass is 16.5. The number of rotatable bonds is 9. The average molecular weight is 557 g/mol. The normalized spacial score (nSPS) is 17.1. The van der Waals surface area contributed by atoms with Crippen molar-refractivity contribution in [1.82, 2.24) is 34.9 Å². The molecule has 2 aromatic carbocycles. The summed E-state index contributed by atoms with van der Waals surface area (Å²) >= 11 is 0. The third-order valence-electron chi connectivity index (χ3n) is 8.36. The van der Waals surface area contributed by atoms with Crippen molar-refractivity contribution in [2.45, 2.75) is 18.9 Å². The van der Waals surface area contributed by atoms with E-state index >= 15 is 0 Å². The highest BCUT2D eigenvalue weighted by Gasteiger charge is 2.25. The Hall–Kier alpha value is -3.73. The zero-order valence-electron chi connectivity index (χ0n) is 24.3. The van der Waals surface area contributed by atoms with Gasteiger partial charge in [-0.2, -0.15) is 5.10 Å². The van der Waals surface area contributed by atoms with Crippen molar-refractivity contribution in [3.8, 4) is 22.8 Å². The van der Waals surface area contributed by atoms with Crippen LogP contribution in [0.3, 0.4) is 0 Å². The molecule has 4 aromatic rings. The quantitative estimate of drug-likeness (QED) is 0.333. The lowest BCUT2D eigenvalue weighted by Gasteiger charge is -2.41. The van der Waals surface area contributed by atoms with Crippen molar-refractivity contribution in [3.05, 3.63) is 55.0 Å². The lowest BCUT2D eigenvalue weighted by molar-refractivity contribution is 0.0836. The molecule has 1 N–H and O–H groups in total. The molecule has 0 amide bonds. The fourth-order valence-electron chi connectivity index (χ4n) is 5.98. The highest BCUT2D eigenvalue weighted by molar-refractivity contribution is 5.82. The molecule has 0 radical (unpaired) electrons. The Kier molecular flexibility index (Phi) is 8.31. The number of benzene rings is 2. The average Bonchev–Trinajstić information content (AvgIpc) is 3.47. The maximum atomic E-state index is 5.63. The van der Waals surface area contributed by atoms with Crippen LogP contribution in [-0.4, -0.2) is 102 Å². The molecule has 0 aliphatic carbocycles. The van der Waals surface area contributed by atoms with Crippen LogP contribution >= 0.6 is 0 Å². The van der Waals surface area contributed by atoms with E-state index in [2.05, 4.69) is 54.4 Å². The topological polar surface area (TPSA) is 83.8 Å². The SMILES string of the molecule is COc1cc(OC)cc(N(CCN2CCN(C3CCNCC3)CC2)c2ccc3ncc(-c4cnn(C)c4)nc3c2)c1. The number of piperazine rings is 1. The Morgan fingerprint density at radius 3 is 2.34 bits per heavy atom. The number of nitrogens with one attached hydrogen (secondary N) is 1. The summed E-state index contributed by atoms with van der Waals surface area (Å²) in [5, 5.41) is 7.79. The summed E-state index contributed by atoms with van der Waals surface area (Å²) in [5.41, 5.74) is 5.54. The van der Waals surface area contributed by atoms with Crippen molar-refractivity contribution in [2.75, 3.05) is 71.5 Å². The van der Waals surface area contributed by atoms with Gasteiger partial charge in [0.05, 0.1) is 43.3 Å². The number of piperidine rings is 1. The van der Waals surface area contributed by atoms with Gasteiger partial charge >= 0.3 is 0 Å². The Bertz CT molecular complexity index is 1440. The molecule has 2 aliphatic rings. The minimum absolute atomic E-state index is 0.731. The Morgan fingerprint density at radius 1 is 0.902 bits per heavy atom. The van der Waals surface area contributed by atoms with Crippen LogP contribution in [0.5, 0.6) is 11.5 Å². The molecule has 4 heterocycles. The first-order valence-electron chi connectivity index (χ1n) is 14.5. The van der Waals surface area contributed by atoms with Gasteiger partial charge in [0.2, 0.25) is 0 Å². The fraction of sp³-hybridized carbons (Fsp3) is 0.452. The number of ether oxygens (including phenoxy) is 2. The number of aromatic nitrogens is 4. The first-order chi connectivity index (χ1) is 20.1. The Labute approximate surface area is 241 Å². The molecule has 0 bridgehead atoms. The fourth-order valence-corrected chi connectivity index (χ4v) is 5.98. The molecule has 41 heavy (non-hydrogen) atoms. The summed E-state index contributed by atoms with van der Waals surface area (Å²) in [6.07, 6.45) is 8.11. The van der Waals surface area contributed by atoms with Gasteiger partial charge in [0.25, 0.3) is 0 Å². The molecule has 6 rings (SSSR count). The van der Waals surface area contributed by atoms with Crippen LogP contribution in [0.1, 0.15) is 12.8 Å². The summed E-state index contributed by atoms with van der Waals surface area (Å²) in [4.78, 5) is 17.3. The van der Waals surface area contributed by atoms with E-state index in [0.29, 0.717) is 0 Å². The van der Waals surface area contributed by atoms with Crippen LogP contribution in [0.2, 0.25) is 0 Å². The number of anilines is 2. The molecule has 216 valence electrons. The van der Waals surface area contributed by atoms with E-state index in [1.807, 2.05) is 37.8 Å². The molecule has 0 saturated carbocycles. The van der Waals surface area contributed by atoms with Gasteiger partial charge in [0.15, 0.2) is 0 Å². The number of methoxy groups -OCH3 is 2. The number of hydrogen-bond donors (Lipinski definition) is 1. The summed E-state index contributed by atoms with van der Waals surface area (Å²) in [6, 6.07) is 13.1. The van der Waals surface area contributed by atoms with Crippen molar-refractivity contribution >= 4 is 22.4 Å². The van der Waals surface area contributed by atoms with E-state index in [4.69, 9.17) is 14.5 Å². The largest absolute Gasteiger partial charge is 0.497 e. The molecule has 2 fully saturated rings. The molecule has 2 aromatic heterocycles. The predicted octanol–water partition coefficient (Wildman–Crippen LogP) is 3.56. The van der Waals surface area contributed by atoms with Gasteiger partial charge in [-0.1, -0.05) is 0 Å². The van der Waals surface area contributed by atoms with Gasteiger partial charge in [-0.25, -0.2) is 4.98 Å². The highest BCUT2D eigenvalue weighted by Crippen LogP contribution is 2.34. The van der Waals surface area contributed by atoms with Crippen LogP contribution in [0, 0.1) is 0 Å². The number of aryl methyl sites for hydroxylation is 1. The smallest absolute Gasteiger partial charge is 0.124 e. The molecule has 2 aliphatic heterocycles. The van der Waals surface area contributed by atoms with Gasteiger partial charge in [-0.05, 0) is 44.1 Å². The van der Waals surface area contributed by atoms with Gasteiger partial charge in [-0.3, -0.25) is 19.5 Å². The maximum Gasteiger partial charge on any atom is 0.124 e. The van der Waals surface area contributed by atoms with E-state index in [1.54, 1.807) is 18.9 Å². The minimum Gasteiger partial charge on any atom is -0.497 e. The first kappa shape index (κ1) is 27.4. The second kappa shape index (κ2) is 12.4. The molecule has 0 unspecified atom stereocenters. The van der Waals surface area contributed by atoms with Crippen molar-refractivity contribution in [3.63, 3.8) is 0 Å². The first-order valence-corrected chi connectivity index (χ1v) is 14.5. The van der Waals surface area contributed by atoms with Crippen molar-refractivity contribution in [1.29, 1.82) is 0 Å². The van der Waals surface area contributed by atoms with Crippen molar-refractivity contribution < 1.29 is 9.47 Å². The van der Waals surface area contributed by atoms with Gasteiger partial charge in [0, 0.05) is 93.7 Å². The van der Waals surface area contributed by atoms with E-state index in [-0.39, 0.29) is 0 Å². The second-order valence-electron chi connectivity index (χ2n) is 10.9. The molecule has 10 heteroatoms. The molecular weight excluding hydrogens is 516 g/mol. The molecular formula is C31H40N8O2. The number of hydrogen-bond acceptors (Lipinski definition) is 9. The van der Waals surface area contributed by atoms with Crippen molar-refractivity contribution in [2.24, 2.45) is 7.05 Å². The van der Waals surface area contributed by atoms with E-state index in [1.165, 1.54) is 12.8 Å².